The van der Waals surface area contributed by atoms with Crippen LogP contribution in [0.15, 0.2) is 18.6 Å². The van der Waals surface area contributed by atoms with Gasteiger partial charge in [-0.15, -0.1) is 0 Å². The first-order chi connectivity index (χ1) is 11.7. The maximum Gasteiger partial charge on any atom is 0.410 e. The van der Waals surface area contributed by atoms with Gasteiger partial charge in [-0.25, -0.2) is 19.7 Å². The van der Waals surface area contributed by atoms with Crippen molar-refractivity contribution in [3.05, 3.63) is 23.7 Å². The van der Waals surface area contributed by atoms with E-state index in [-0.39, 0.29) is 18.2 Å². The number of amides is 1. The molecular formula is C17H21ClN4O3. The van der Waals surface area contributed by atoms with Gasteiger partial charge in [0.25, 0.3) is 0 Å². The van der Waals surface area contributed by atoms with E-state index in [1.54, 1.807) is 17.2 Å². The van der Waals surface area contributed by atoms with Crippen LogP contribution >= 0.6 is 11.6 Å². The van der Waals surface area contributed by atoms with Gasteiger partial charge in [0.15, 0.2) is 5.15 Å². The van der Waals surface area contributed by atoms with E-state index >= 15 is 0 Å². The summed E-state index contributed by atoms with van der Waals surface area (Å²) in [5.74, 6) is 0.442. The Morgan fingerprint density at radius 2 is 2.08 bits per heavy atom. The zero-order chi connectivity index (χ0) is 18.2. The zero-order valence-corrected chi connectivity index (χ0v) is 15.4. The Balaban J connectivity index is 1.75. The number of nitrogens with zero attached hydrogens (tertiary/aromatic N) is 4. The van der Waals surface area contributed by atoms with Gasteiger partial charge in [0, 0.05) is 18.7 Å². The third kappa shape index (κ3) is 3.92. The molecule has 1 fully saturated rings. The Morgan fingerprint density at radius 3 is 2.80 bits per heavy atom. The molecule has 7 nitrogen and oxygen atoms in total. The summed E-state index contributed by atoms with van der Waals surface area (Å²) in [7, 11) is 0. The molecule has 0 radical (unpaired) electrons. The van der Waals surface area contributed by atoms with Gasteiger partial charge in [-0.05, 0) is 33.8 Å². The lowest BCUT2D eigenvalue weighted by Crippen LogP contribution is -2.39. The van der Waals surface area contributed by atoms with Crippen molar-refractivity contribution < 1.29 is 14.3 Å². The largest absolute Gasteiger partial charge is 0.472 e. The third-order valence-electron chi connectivity index (χ3n) is 3.91. The van der Waals surface area contributed by atoms with E-state index in [4.69, 9.17) is 21.1 Å². The topological polar surface area (TPSA) is 77.4 Å². The Labute approximate surface area is 151 Å². The normalized spacial score (nSPS) is 20.8. The van der Waals surface area contributed by atoms with Crippen LogP contribution in [0.2, 0.25) is 5.15 Å². The van der Waals surface area contributed by atoms with Crippen LogP contribution in [-0.4, -0.2) is 50.2 Å². The number of rotatable bonds is 2. The molecule has 3 heterocycles. The number of hydrogen-bond donors (Lipinski definition) is 0. The number of fused-ring (bicyclic) bond motifs is 1. The number of ether oxygens (including phenoxy) is 2. The Hall–Kier alpha value is -2.15. The van der Waals surface area contributed by atoms with E-state index in [0.717, 1.165) is 0 Å². The quantitative estimate of drug-likeness (QED) is 0.759. The van der Waals surface area contributed by atoms with Crippen molar-refractivity contribution in [1.29, 1.82) is 0 Å². The maximum absolute atomic E-state index is 12.3. The van der Waals surface area contributed by atoms with Gasteiger partial charge in [0.1, 0.15) is 23.5 Å². The van der Waals surface area contributed by atoms with E-state index in [0.29, 0.717) is 34.9 Å². The molecule has 134 valence electrons. The fourth-order valence-corrected chi connectivity index (χ4v) is 3.03. The summed E-state index contributed by atoms with van der Waals surface area (Å²) in [6.45, 7) is 7.98. The molecule has 0 saturated carbocycles. The molecular weight excluding hydrogens is 344 g/mol. The van der Waals surface area contributed by atoms with E-state index in [9.17, 15) is 4.79 Å². The predicted octanol–water partition coefficient (Wildman–Crippen LogP) is 3.45. The zero-order valence-electron chi connectivity index (χ0n) is 14.7. The molecule has 0 aliphatic carbocycles. The number of halogens is 1. The van der Waals surface area contributed by atoms with Crippen LogP contribution in [0.25, 0.3) is 10.9 Å². The number of carbonyl (C=O) groups excluding carboxylic acids is 1. The highest BCUT2D eigenvalue weighted by atomic mass is 35.5. The number of aromatic nitrogens is 3. The first-order valence-corrected chi connectivity index (χ1v) is 8.54. The molecule has 0 spiro atoms. The highest BCUT2D eigenvalue weighted by molar-refractivity contribution is 6.33. The van der Waals surface area contributed by atoms with Crippen LogP contribution in [0.1, 0.15) is 34.1 Å². The van der Waals surface area contributed by atoms with Crippen molar-refractivity contribution >= 4 is 28.6 Å². The lowest BCUT2D eigenvalue weighted by Gasteiger charge is -2.26. The summed E-state index contributed by atoms with van der Waals surface area (Å²) >= 11 is 6.07. The molecule has 1 aliphatic rings. The summed E-state index contributed by atoms with van der Waals surface area (Å²) in [6.07, 6.45) is 3.18. The van der Waals surface area contributed by atoms with Gasteiger partial charge in [-0.2, -0.15) is 0 Å². The molecule has 1 saturated heterocycles. The maximum atomic E-state index is 12.3. The van der Waals surface area contributed by atoms with Crippen molar-refractivity contribution in [2.45, 2.75) is 51.9 Å². The van der Waals surface area contributed by atoms with Crippen molar-refractivity contribution in [1.82, 2.24) is 19.9 Å². The van der Waals surface area contributed by atoms with Crippen molar-refractivity contribution in [2.24, 2.45) is 0 Å². The second-order valence-electron chi connectivity index (χ2n) is 7.13. The molecule has 0 bridgehead atoms. The van der Waals surface area contributed by atoms with E-state index < -0.39 is 5.60 Å². The van der Waals surface area contributed by atoms with Gasteiger partial charge in [0.2, 0.25) is 5.88 Å². The summed E-state index contributed by atoms with van der Waals surface area (Å²) < 4.78 is 11.5. The molecule has 1 unspecified atom stereocenters. The van der Waals surface area contributed by atoms with Crippen molar-refractivity contribution in [3.63, 3.8) is 0 Å². The Kier molecular flexibility index (Phi) is 4.69. The first-order valence-electron chi connectivity index (χ1n) is 8.16. The van der Waals surface area contributed by atoms with E-state index in [2.05, 4.69) is 15.0 Å². The van der Waals surface area contributed by atoms with Crippen molar-refractivity contribution in [2.75, 3.05) is 6.54 Å². The smallest absolute Gasteiger partial charge is 0.410 e. The lowest BCUT2D eigenvalue weighted by molar-refractivity contribution is 0.0224. The number of hydrogen-bond acceptors (Lipinski definition) is 6. The summed E-state index contributed by atoms with van der Waals surface area (Å²) in [5, 5.41) is 1.01. The minimum atomic E-state index is -0.525. The van der Waals surface area contributed by atoms with Gasteiger partial charge in [-0.3, -0.25) is 0 Å². The molecule has 2 aromatic rings. The van der Waals surface area contributed by atoms with Crippen LogP contribution < -0.4 is 4.74 Å². The number of likely N-dealkylation sites (tertiary alicyclic amines) is 1. The van der Waals surface area contributed by atoms with Crippen LogP contribution in [0.5, 0.6) is 5.88 Å². The Morgan fingerprint density at radius 1 is 1.32 bits per heavy atom. The summed E-state index contributed by atoms with van der Waals surface area (Å²) in [5.41, 5.74) is 0.0201. The predicted molar refractivity (Wildman–Crippen MR) is 93.8 cm³/mol. The molecule has 2 aromatic heterocycles. The first kappa shape index (κ1) is 17.7. The van der Waals surface area contributed by atoms with Gasteiger partial charge >= 0.3 is 6.09 Å². The minimum absolute atomic E-state index is 0.0261. The van der Waals surface area contributed by atoms with Crippen LogP contribution in [0, 0.1) is 0 Å². The van der Waals surface area contributed by atoms with Gasteiger partial charge in [0.05, 0.1) is 11.9 Å². The highest BCUT2D eigenvalue weighted by Gasteiger charge is 2.36. The molecule has 8 heteroatoms. The standard InChI is InChI=1S/C17H21ClN4O3/c1-10-7-11(8-22(10)16(23)25-17(2,3)4)24-15-12-5-6-19-14(18)13(12)20-9-21-15/h5-6,9-11H,7-8H2,1-4H3/t10-,11?/m0/s1. The molecule has 3 rings (SSSR count). The van der Waals surface area contributed by atoms with Crippen LogP contribution in [0.3, 0.4) is 0 Å². The fraction of sp³-hybridized carbons (Fsp3) is 0.529. The SMILES string of the molecule is C[C@H]1CC(Oc2ncnc3c(Cl)nccc23)CN1C(=O)OC(C)(C)C. The molecule has 2 atom stereocenters. The lowest BCUT2D eigenvalue weighted by atomic mass is 10.2. The molecule has 1 amide bonds. The molecule has 0 N–H and O–H groups in total. The minimum Gasteiger partial charge on any atom is -0.472 e. The fourth-order valence-electron chi connectivity index (χ4n) is 2.83. The molecule has 25 heavy (non-hydrogen) atoms. The van der Waals surface area contributed by atoms with E-state index in [1.807, 2.05) is 27.7 Å². The van der Waals surface area contributed by atoms with E-state index in [1.165, 1.54) is 6.33 Å². The molecule has 1 aliphatic heterocycles. The number of pyridine rings is 1. The third-order valence-corrected chi connectivity index (χ3v) is 4.19. The van der Waals surface area contributed by atoms with Gasteiger partial charge in [-0.1, -0.05) is 11.6 Å². The second kappa shape index (κ2) is 6.63. The van der Waals surface area contributed by atoms with Crippen LogP contribution in [0.4, 0.5) is 4.79 Å². The average molecular weight is 365 g/mol. The highest BCUT2D eigenvalue weighted by Crippen LogP contribution is 2.29. The number of carbonyl (C=O) groups is 1. The van der Waals surface area contributed by atoms with Crippen molar-refractivity contribution in [3.8, 4) is 5.88 Å². The summed E-state index contributed by atoms with van der Waals surface area (Å²) in [4.78, 5) is 26.4. The second-order valence-corrected chi connectivity index (χ2v) is 7.49. The van der Waals surface area contributed by atoms with Gasteiger partial charge < -0.3 is 14.4 Å². The average Bonchev–Trinajstić information content (AvgIpc) is 2.87. The Bertz CT molecular complexity index is 793. The molecule has 0 aromatic carbocycles. The monoisotopic (exact) mass is 364 g/mol. The van der Waals surface area contributed by atoms with Crippen LogP contribution in [-0.2, 0) is 4.74 Å². The summed E-state index contributed by atoms with van der Waals surface area (Å²) in [6, 6.07) is 1.79.